The lowest BCUT2D eigenvalue weighted by atomic mass is 10.4. The highest BCUT2D eigenvalue weighted by Crippen LogP contribution is 2.21. The van der Waals surface area contributed by atoms with E-state index in [2.05, 4.69) is 4.98 Å². The van der Waals surface area contributed by atoms with Crippen molar-refractivity contribution in [1.29, 1.82) is 0 Å². The Morgan fingerprint density at radius 3 is 3.00 bits per heavy atom. The number of imidazole rings is 1. The quantitative estimate of drug-likeness (QED) is 0.861. The molecule has 0 unspecified atom stereocenters. The van der Waals surface area contributed by atoms with Crippen LogP contribution in [0.2, 0.25) is 5.15 Å². The maximum Gasteiger partial charge on any atom is 0.155 e. The van der Waals surface area contributed by atoms with Crippen molar-refractivity contribution in [2.75, 3.05) is 13.7 Å². The van der Waals surface area contributed by atoms with Crippen molar-refractivity contribution in [1.82, 2.24) is 9.38 Å². The smallest absolute Gasteiger partial charge is 0.155 e. The molecule has 2 rings (SSSR count). The highest BCUT2D eigenvalue weighted by atomic mass is 35.5. The number of fused-ring (bicyclic) bond motifs is 1. The minimum absolute atomic E-state index is 0.501. The number of ether oxygens (including phenoxy) is 1. The minimum Gasteiger partial charge on any atom is -0.495 e. The molecule has 0 atom stereocenters. The third-order valence-corrected chi connectivity index (χ3v) is 2.52. The summed E-state index contributed by atoms with van der Waals surface area (Å²) in [6.07, 6.45) is 2.56. The van der Waals surface area contributed by atoms with Crippen molar-refractivity contribution in [2.45, 2.75) is 6.42 Å². The van der Waals surface area contributed by atoms with E-state index in [1.807, 2.05) is 22.7 Å². The van der Waals surface area contributed by atoms with Gasteiger partial charge < -0.3 is 10.5 Å². The number of nitrogens with zero attached hydrogens (tertiary/aromatic N) is 2. The van der Waals surface area contributed by atoms with Gasteiger partial charge in [0.25, 0.3) is 0 Å². The molecular formula is C10H12ClN3O. The highest BCUT2D eigenvalue weighted by Gasteiger charge is 2.08. The molecule has 0 spiro atoms. The third-order valence-electron chi connectivity index (χ3n) is 2.24. The van der Waals surface area contributed by atoms with Crippen LogP contribution in [0.1, 0.15) is 5.82 Å². The summed E-state index contributed by atoms with van der Waals surface area (Å²) in [6, 6.07) is 3.74. The van der Waals surface area contributed by atoms with E-state index in [0.717, 1.165) is 17.1 Å². The molecule has 0 saturated heterocycles. The molecule has 2 aromatic heterocycles. The standard InChI is InChI=1S/C10H12ClN3O/c1-15-7-2-3-8-10(11)13-9(4-5-12)14(8)6-7/h2-3,6H,4-5,12H2,1H3. The van der Waals surface area contributed by atoms with Gasteiger partial charge in [-0.25, -0.2) is 4.98 Å². The van der Waals surface area contributed by atoms with E-state index in [4.69, 9.17) is 22.1 Å². The Morgan fingerprint density at radius 2 is 2.33 bits per heavy atom. The molecule has 2 N–H and O–H groups in total. The first-order valence-electron chi connectivity index (χ1n) is 4.67. The van der Waals surface area contributed by atoms with Crippen LogP contribution in [-0.4, -0.2) is 23.0 Å². The lowest BCUT2D eigenvalue weighted by Gasteiger charge is -2.02. The topological polar surface area (TPSA) is 52.5 Å². The zero-order valence-electron chi connectivity index (χ0n) is 8.40. The zero-order chi connectivity index (χ0) is 10.8. The SMILES string of the molecule is COc1ccc2c(Cl)nc(CCN)n2c1. The van der Waals surface area contributed by atoms with E-state index in [-0.39, 0.29) is 0 Å². The van der Waals surface area contributed by atoms with Crippen LogP contribution >= 0.6 is 11.6 Å². The summed E-state index contributed by atoms with van der Waals surface area (Å²) < 4.78 is 7.05. The van der Waals surface area contributed by atoms with Crippen molar-refractivity contribution < 1.29 is 4.74 Å². The Bertz CT molecular complexity index is 481. The van der Waals surface area contributed by atoms with Crippen LogP contribution < -0.4 is 10.5 Å². The van der Waals surface area contributed by atoms with Crippen molar-refractivity contribution in [2.24, 2.45) is 5.73 Å². The summed E-state index contributed by atoms with van der Waals surface area (Å²) in [6.45, 7) is 0.548. The summed E-state index contributed by atoms with van der Waals surface area (Å²) >= 11 is 6.00. The first-order chi connectivity index (χ1) is 7.26. The maximum atomic E-state index is 6.00. The number of rotatable bonds is 3. The van der Waals surface area contributed by atoms with Gasteiger partial charge in [0.15, 0.2) is 5.15 Å². The second kappa shape index (κ2) is 4.08. The van der Waals surface area contributed by atoms with Gasteiger partial charge in [0.2, 0.25) is 0 Å². The first kappa shape index (κ1) is 10.3. The number of hydrogen-bond donors (Lipinski definition) is 1. The van der Waals surface area contributed by atoms with E-state index in [9.17, 15) is 0 Å². The Morgan fingerprint density at radius 1 is 1.53 bits per heavy atom. The summed E-state index contributed by atoms with van der Waals surface area (Å²) in [5.74, 6) is 1.63. The third kappa shape index (κ3) is 1.78. The molecule has 0 aromatic carbocycles. The molecule has 0 aliphatic rings. The molecule has 0 aliphatic heterocycles. The van der Waals surface area contributed by atoms with E-state index >= 15 is 0 Å². The molecule has 0 bridgehead atoms. The molecule has 0 saturated carbocycles. The van der Waals surface area contributed by atoms with Crippen molar-refractivity contribution >= 4 is 17.1 Å². The Labute approximate surface area is 92.6 Å². The van der Waals surface area contributed by atoms with Crippen LogP contribution in [0, 0.1) is 0 Å². The van der Waals surface area contributed by atoms with Gasteiger partial charge in [-0.3, -0.25) is 4.40 Å². The van der Waals surface area contributed by atoms with E-state index < -0.39 is 0 Å². The molecular weight excluding hydrogens is 214 g/mol. The molecule has 2 heterocycles. The number of aromatic nitrogens is 2. The van der Waals surface area contributed by atoms with Crippen LogP contribution in [0.3, 0.4) is 0 Å². The maximum absolute atomic E-state index is 6.00. The lowest BCUT2D eigenvalue weighted by molar-refractivity contribution is 0.412. The van der Waals surface area contributed by atoms with Crippen LogP contribution in [0.15, 0.2) is 18.3 Å². The van der Waals surface area contributed by atoms with E-state index in [1.165, 1.54) is 0 Å². The summed E-state index contributed by atoms with van der Waals surface area (Å²) in [5, 5.41) is 0.501. The monoisotopic (exact) mass is 225 g/mol. The van der Waals surface area contributed by atoms with Gasteiger partial charge in [0.05, 0.1) is 18.8 Å². The fourth-order valence-electron chi connectivity index (χ4n) is 1.51. The molecule has 5 heteroatoms. The van der Waals surface area contributed by atoms with E-state index in [0.29, 0.717) is 18.1 Å². The average molecular weight is 226 g/mol. The first-order valence-corrected chi connectivity index (χ1v) is 5.04. The van der Waals surface area contributed by atoms with Crippen molar-refractivity contribution in [3.8, 4) is 5.75 Å². The molecule has 0 aliphatic carbocycles. The molecule has 2 aromatic rings. The summed E-state index contributed by atoms with van der Waals surface area (Å²) in [4.78, 5) is 4.25. The number of hydrogen-bond acceptors (Lipinski definition) is 3. The van der Waals surface area contributed by atoms with Gasteiger partial charge in [0.1, 0.15) is 11.6 Å². The lowest BCUT2D eigenvalue weighted by Crippen LogP contribution is -2.06. The van der Waals surface area contributed by atoms with Crippen molar-refractivity contribution in [3.05, 3.63) is 29.3 Å². The van der Waals surface area contributed by atoms with Crippen LogP contribution in [0.5, 0.6) is 5.75 Å². The summed E-state index contributed by atoms with van der Waals surface area (Å²) in [7, 11) is 1.63. The highest BCUT2D eigenvalue weighted by molar-refractivity contribution is 6.32. The van der Waals surface area contributed by atoms with E-state index in [1.54, 1.807) is 7.11 Å². The Balaban J connectivity index is 2.60. The van der Waals surface area contributed by atoms with Gasteiger partial charge in [-0.15, -0.1) is 0 Å². The molecule has 0 amide bonds. The van der Waals surface area contributed by atoms with Crippen LogP contribution in [0.25, 0.3) is 5.52 Å². The van der Waals surface area contributed by atoms with Crippen LogP contribution in [0.4, 0.5) is 0 Å². The number of methoxy groups -OCH3 is 1. The second-order valence-electron chi connectivity index (χ2n) is 3.18. The van der Waals surface area contributed by atoms with Gasteiger partial charge in [-0.2, -0.15) is 0 Å². The molecule has 4 nitrogen and oxygen atoms in total. The minimum atomic E-state index is 0.501. The summed E-state index contributed by atoms with van der Waals surface area (Å²) in [5.41, 5.74) is 6.38. The predicted octanol–water partition coefficient (Wildman–Crippen LogP) is 1.50. The fraction of sp³-hybridized carbons (Fsp3) is 0.300. The fourth-order valence-corrected chi connectivity index (χ4v) is 1.77. The molecule has 0 fully saturated rings. The Kier molecular flexibility index (Phi) is 2.79. The number of nitrogens with two attached hydrogens (primary N) is 1. The number of halogens is 1. The zero-order valence-corrected chi connectivity index (χ0v) is 9.16. The van der Waals surface area contributed by atoms with Gasteiger partial charge in [-0.1, -0.05) is 11.6 Å². The average Bonchev–Trinajstić information content (AvgIpc) is 2.56. The van der Waals surface area contributed by atoms with Crippen molar-refractivity contribution in [3.63, 3.8) is 0 Å². The molecule has 0 radical (unpaired) electrons. The molecule has 80 valence electrons. The molecule has 15 heavy (non-hydrogen) atoms. The van der Waals surface area contributed by atoms with Crippen LogP contribution in [-0.2, 0) is 6.42 Å². The number of pyridine rings is 1. The van der Waals surface area contributed by atoms with Gasteiger partial charge >= 0.3 is 0 Å². The van der Waals surface area contributed by atoms with Gasteiger partial charge in [-0.05, 0) is 18.7 Å². The predicted molar refractivity (Wildman–Crippen MR) is 59.5 cm³/mol. The second-order valence-corrected chi connectivity index (χ2v) is 3.54. The van der Waals surface area contributed by atoms with Gasteiger partial charge in [0, 0.05) is 6.42 Å². The Hall–Kier alpha value is -1.26. The normalized spacial score (nSPS) is 10.9. The largest absolute Gasteiger partial charge is 0.495 e.